The maximum atomic E-state index is 13.4. The molecule has 0 saturated heterocycles. The zero-order valence-corrected chi connectivity index (χ0v) is 16.2. The quantitative estimate of drug-likeness (QED) is 0.357. The minimum Gasteiger partial charge on any atom is -0.497 e. The molecule has 0 saturated carbocycles. The number of methoxy groups -OCH3 is 1. The summed E-state index contributed by atoms with van der Waals surface area (Å²) in [6.07, 6.45) is -0.783. The van der Waals surface area contributed by atoms with E-state index in [2.05, 4.69) is 0 Å². The molecule has 24 heavy (non-hydrogen) atoms. The third-order valence-corrected chi connectivity index (χ3v) is 5.36. The summed E-state index contributed by atoms with van der Waals surface area (Å²) in [5, 5.41) is 0. The highest BCUT2D eigenvalue weighted by molar-refractivity contribution is 7.54. The second kappa shape index (κ2) is 9.42. The first-order valence-electron chi connectivity index (χ1n) is 7.57. The van der Waals surface area contributed by atoms with Crippen molar-refractivity contribution in [2.24, 2.45) is 0 Å². The Morgan fingerprint density at radius 2 is 1.75 bits per heavy atom. The molecule has 0 radical (unpaired) electrons. The van der Waals surface area contributed by atoms with Crippen LogP contribution in [0.25, 0.3) is 0 Å². The SMILES string of the molecule is COc1cccc([C@@H](OC(=O)CCl)P(=O)(OC(C)C)OC(C)C)c1. The van der Waals surface area contributed by atoms with Gasteiger partial charge in [-0.15, -0.1) is 11.6 Å². The van der Waals surface area contributed by atoms with Crippen LogP contribution in [0.1, 0.15) is 39.1 Å². The highest BCUT2D eigenvalue weighted by atomic mass is 35.5. The molecule has 1 atom stereocenters. The molecule has 0 amide bonds. The Bertz CT molecular complexity index is 576. The summed E-state index contributed by atoms with van der Waals surface area (Å²) in [6.45, 7) is 6.90. The van der Waals surface area contributed by atoms with Gasteiger partial charge in [-0.3, -0.25) is 9.36 Å². The van der Waals surface area contributed by atoms with Crippen LogP contribution in [0, 0.1) is 0 Å². The third kappa shape index (κ3) is 6.10. The van der Waals surface area contributed by atoms with Crippen molar-refractivity contribution in [2.45, 2.75) is 45.7 Å². The van der Waals surface area contributed by atoms with Crippen molar-refractivity contribution in [3.63, 3.8) is 0 Å². The van der Waals surface area contributed by atoms with E-state index in [1.807, 2.05) is 0 Å². The van der Waals surface area contributed by atoms with E-state index in [9.17, 15) is 9.36 Å². The number of ether oxygens (including phenoxy) is 2. The van der Waals surface area contributed by atoms with Gasteiger partial charge in [0.1, 0.15) is 11.6 Å². The lowest BCUT2D eigenvalue weighted by atomic mass is 10.2. The van der Waals surface area contributed by atoms with Gasteiger partial charge < -0.3 is 18.5 Å². The Kier molecular flexibility index (Phi) is 8.23. The number of alkyl halides is 1. The number of carbonyl (C=O) groups is 1. The van der Waals surface area contributed by atoms with Gasteiger partial charge in [0.15, 0.2) is 0 Å². The van der Waals surface area contributed by atoms with Gasteiger partial charge in [0.25, 0.3) is 0 Å². The number of hydrogen-bond donors (Lipinski definition) is 0. The van der Waals surface area contributed by atoms with E-state index in [1.54, 1.807) is 52.0 Å². The van der Waals surface area contributed by atoms with E-state index in [0.29, 0.717) is 11.3 Å². The molecule has 6 nitrogen and oxygen atoms in total. The fourth-order valence-electron chi connectivity index (χ4n) is 1.99. The summed E-state index contributed by atoms with van der Waals surface area (Å²) >= 11 is 5.53. The van der Waals surface area contributed by atoms with Crippen molar-refractivity contribution in [2.75, 3.05) is 13.0 Å². The number of benzene rings is 1. The Balaban J connectivity index is 3.35. The molecule has 1 aromatic carbocycles. The van der Waals surface area contributed by atoms with E-state index in [0.717, 1.165) is 0 Å². The van der Waals surface area contributed by atoms with Crippen molar-refractivity contribution < 1.29 is 27.9 Å². The molecular formula is C16H24ClO6P. The van der Waals surface area contributed by atoms with E-state index in [1.165, 1.54) is 7.11 Å². The summed E-state index contributed by atoms with van der Waals surface area (Å²) < 4.78 is 35.0. The lowest BCUT2D eigenvalue weighted by Crippen LogP contribution is -2.19. The van der Waals surface area contributed by atoms with Crippen molar-refractivity contribution in [3.05, 3.63) is 29.8 Å². The Morgan fingerprint density at radius 3 is 2.21 bits per heavy atom. The van der Waals surface area contributed by atoms with Gasteiger partial charge in [-0.1, -0.05) is 12.1 Å². The maximum Gasteiger partial charge on any atom is 0.376 e. The van der Waals surface area contributed by atoms with Crippen molar-refractivity contribution in [3.8, 4) is 5.75 Å². The number of rotatable bonds is 9. The zero-order valence-electron chi connectivity index (χ0n) is 14.5. The minimum absolute atomic E-state index is 0.371. The predicted octanol–water partition coefficient (Wildman–Crippen LogP) is 4.52. The normalized spacial score (nSPS) is 13.2. The molecule has 136 valence electrons. The second-order valence-electron chi connectivity index (χ2n) is 5.60. The first kappa shape index (κ1) is 21.0. The molecule has 1 aromatic rings. The summed E-state index contributed by atoms with van der Waals surface area (Å²) in [5.41, 5.74) is 0.442. The van der Waals surface area contributed by atoms with Crippen molar-refractivity contribution in [1.29, 1.82) is 0 Å². The van der Waals surface area contributed by atoms with Crippen LogP contribution in [0.15, 0.2) is 24.3 Å². The van der Waals surface area contributed by atoms with Gasteiger partial charge in [-0.05, 0) is 39.8 Å². The average Bonchev–Trinajstić information content (AvgIpc) is 2.50. The van der Waals surface area contributed by atoms with Crippen LogP contribution in [0.5, 0.6) is 5.75 Å². The number of carbonyl (C=O) groups excluding carboxylic acids is 1. The molecule has 0 unspecified atom stereocenters. The summed E-state index contributed by atoms with van der Waals surface area (Å²) in [4.78, 5) is 11.8. The smallest absolute Gasteiger partial charge is 0.376 e. The molecule has 1 rings (SSSR count). The lowest BCUT2D eigenvalue weighted by Gasteiger charge is -2.29. The topological polar surface area (TPSA) is 71.1 Å². The number of halogens is 1. The van der Waals surface area contributed by atoms with E-state index in [-0.39, 0.29) is 5.88 Å². The highest BCUT2D eigenvalue weighted by Crippen LogP contribution is 2.63. The second-order valence-corrected chi connectivity index (χ2v) is 7.84. The van der Waals surface area contributed by atoms with Crippen molar-refractivity contribution in [1.82, 2.24) is 0 Å². The molecule has 0 spiro atoms. The molecule has 0 N–H and O–H groups in total. The van der Waals surface area contributed by atoms with Crippen LogP contribution in [0.4, 0.5) is 0 Å². The van der Waals surface area contributed by atoms with Gasteiger partial charge in [-0.2, -0.15) is 0 Å². The number of hydrogen-bond acceptors (Lipinski definition) is 6. The van der Waals surface area contributed by atoms with Gasteiger partial charge >= 0.3 is 13.6 Å². The summed E-state index contributed by atoms with van der Waals surface area (Å²) in [7, 11) is -2.31. The first-order chi connectivity index (χ1) is 11.2. The maximum absolute atomic E-state index is 13.4. The fourth-order valence-corrected chi connectivity index (χ4v) is 4.27. The Morgan fingerprint density at radius 1 is 1.17 bits per heavy atom. The van der Waals surface area contributed by atoms with Crippen LogP contribution < -0.4 is 4.74 Å². The molecule has 0 bridgehead atoms. The molecule has 0 aliphatic heterocycles. The molecule has 0 aliphatic carbocycles. The van der Waals surface area contributed by atoms with Crippen LogP contribution in [-0.2, 0) is 23.1 Å². The third-order valence-electron chi connectivity index (χ3n) is 2.73. The average molecular weight is 379 g/mol. The molecule has 0 aliphatic rings. The zero-order chi connectivity index (χ0) is 18.3. The van der Waals surface area contributed by atoms with Crippen LogP contribution >= 0.6 is 19.2 Å². The molecule has 0 fully saturated rings. The van der Waals surface area contributed by atoms with Crippen LogP contribution in [0.2, 0.25) is 0 Å². The molecule has 0 aromatic heterocycles. The van der Waals surface area contributed by atoms with E-state index >= 15 is 0 Å². The Hall–Kier alpha value is -1.07. The summed E-state index contributed by atoms with van der Waals surface area (Å²) in [5.74, 6) is -1.79. The van der Waals surface area contributed by atoms with Gasteiger partial charge in [0.05, 0.1) is 19.3 Å². The largest absolute Gasteiger partial charge is 0.497 e. The highest BCUT2D eigenvalue weighted by Gasteiger charge is 2.42. The van der Waals surface area contributed by atoms with E-state index < -0.39 is 31.6 Å². The lowest BCUT2D eigenvalue weighted by molar-refractivity contribution is -0.143. The molecule has 8 heteroatoms. The van der Waals surface area contributed by atoms with E-state index in [4.69, 9.17) is 30.1 Å². The standard InChI is InChI=1S/C16H24ClO6P/c1-11(2)22-24(19,23-12(3)4)16(21-15(18)10-17)13-7-6-8-14(9-13)20-5/h6-9,11-12,16H,10H2,1-5H3/t16-/m0/s1. The molecule has 0 heterocycles. The number of esters is 1. The summed E-state index contributed by atoms with van der Waals surface area (Å²) in [6, 6.07) is 6.70. The van der Waals surface area contributed by atoms with Gasteiger partial charge in [0.2, 0.25) is 5.85 Å². The van der Waals surface area contributed by atoms with Gasteiger partial charge in [-0.25, -0.2) is 0 Å². The van der Waals surface area contributed by atoms with Crippen LogP contribution in [0.3, 0.4) is 0 Å². The minimum atomic E-state index is -3.82. The Labute approximate surface area is 147 Å². The first-order valence-corrected chi connectivity index (χ1v) is 9.72. The monoisotopic (exact) mass is 378 g/mol. The molecular weight excluding hydrogens is 355 g/mol. The van der Waals surface area contributed by atoms with Crippen molar-refractivity contribution >= 4 is 25.2 Å². The van der Waals surface area contributed by atoms with Gasteiger partial charge in [0, 0.05) is 5.56 Å². The fraction of sp³-hybridized carbons (Fsp3) is 0.562. The predicted molar refractivity (Wildman–Crippen MR) is 92.6 cm³/mol. The van der Waals surface area contributed by atoms with Crippen LogP contribution in [-0.4, -0.2) is 31.2 Å².